The van der Waals surface area contributed by atoms with Crippen molar-refractivity contribution in [3.8, 4) is 11.3 Å². The molecule has 2 fully saturated rings. The summed E-state index contributed by atoms with van der Waals surface area (Å²) in [5.41, 5.74) is 6.43. The van der Waals surface area contributed by atoms with Crippen molar-refractivity contribution in [1.82, 2.24) is 29.5 Å². The highest BCUT2D eigenvalue weighted by Gasteiger charge is 2.26. The van der Waals surface area contributed by atoms with Gasteiger partial charge in [-0.05, 0) is 19.2 Å². The molecule has 0 bridgehead atoms. The van der Waals surface area contributed by atoms with Gasteiger partial charge in [0.1, 0.15) is 0 Å². The third-order valence-electron chi connectivity index (χ3n) is 7.09. The number of carbonyl (C=O) groups is 1. The van der Waals surface area contributed by atoms with E-state index in [9.17, 15) is 4.79 Å². The van der Waals surface area contributed by atoms with Crippen LogP contribution in [0.2, 0.25) is 0 Å². The normalized spacial score (nSPS) is 17.7. The van der Waals surface area contributed by atoms with Gasteiger partial charge in [0, 0.05) is 75.6 Å². The Balaban J connectivity index is 1.49. The second-order valence-corrected chi connectivity index (χ2v) is 10.7. The van der Waals surface area contributed by atoms with Crippen molar-refractivity contribution < 1.29 is 9.53 Å². The number of aromatic nitrogens is 4. The molecule has 5 rings (SSSR count). The Morgan fingerprint density at radius 1 is 1.09 bits per heavy atom. The van der Waals surface area contributed by atoms with E-state index in [4.69, 9.17) is 14.7 Å². The van der Waals surface area contributed by atoms with Crippen molar-refractivity contribution in [3.63, 3.8) is 0 Å². The minimum absolute atomic E-state index is 0.0514. The van der Waals surface area contributed by atoms with E-state index in [0.29, 0.717) is 13.2 Å². The van der Waals surface area contributed by atoms with Gasteiger partial charge in [0.25, 0.3) is 0 Å². The summed E-state index contributed by atoms with van der Waals surface area (Å²) in [6, 6.07) is 0. The fourth-order valence-electron chi connectivity index (χ4n) is 4.99. The van der Waals surface area contributed by atoms with Gasteiger partial charge in [-0.2, -0.15) is 5.10 Å². The van der Waals surface area contributed by atoms with E-state index >= 15 is 0 Å². The van der Waals surface area contributed by atoms with Crippen molar-refractivity contribution in [2.24, 2.45) is 13.0 Å². The summed E-state index contributed by atoms with van der Waals surface area (Å²) in [4.78, 5) is 29.2. The predicted octanol–water partition coefficient (Wildman–Crippen LogP) is 2.85. The molecule has 3 aromatic heterocycles. The maximum Gasteiger partial charge on any atom is 0.226 e. The highest BCUT2D eigenvalue weighted by atomic mass is 32.1. The fourth-order valence-corrected chi connectivity index (χ4v) is 5.98. The molecule has 2 aliphatic heterocycles. The van der Waals surface area contributed by atoms with Gasteiger partial charge in [-0.25, -0.2) is 9.97 Å². The van der Waals surface area contributed by atoms with Crippen LogP contribution in [0.4, 0.5) is 5.95 Å². The van der Waals surface area contributed by atoms with Crippen molar-refractivity contribution in [2.45, 2.75) is 34.2 Å². The second-order valence-electron chi connectivity index (χ2n) is 9.84. The van der Waals surface area contributed by atoms with E-state index in [1.165, 1.54) is 5.56 Å². The van der Waals surface area contributed by atoms with E-state index in [-0.39, 0.29) is 11.8 Å². The quantitative estimate of drug-likeness (QED) is 0.536. The molecular weight excluding hydrogens is 462 g/mol. The molecule has 1 amide bonds. The molecule has 0 aromatic carbocycles. The standard InChI is InChI=1S/C25H35N7O2S/c1-16(2)24(33)31-8-6-30(7-9-31)14-19-15-35-23-21(19)26-25(32-10-12-34-13-11-32)27-22(23)20-17(3)28-29(5)18(20)4/h15-16H,6-14H2,1-5H3. The molecule has 0 atom stereocenters. The van der Waals surface area contributed by atoms with Crippen LogP contribution in [0.1, 0.15) is 30.8 Å². The van der Waals surface area contributed by atoms with Gasteiger partial charge in [-0.1, -0.05) is 13.8 Å². The summed E-state index contributed by atoms with van der Waals surface area (Å²) in [7, 11) is 1.98. The molecule has 10 heteroatoms. The predicted molar refractivity (Wildman–Crippen MR) is 139 cm³/mol. The number of fused-ring (bicyclic) bond motifs is 1. The zero-order valence-corrected chi connectivity index (χ0v) is 22.2. The summed E-state index contributed by atoms with van der Waals surface area (Å²) < 4.78 is 8.62. The number of aryl methyl sites for hydroxylation is 2. The largest absolute Gasteiger partial charge is 0.378 e. The van der Waals surface area contributed by atoms with Crippen LogP contribution < -0.4 is 4.90 Å². The van der Waals surface area contributed by atoms with Gasteiger partial charge < -0.3 is 14.5 Å². The van der Waals surface area contributed by atoms with Crippen LogP contribution in [-0.2, 0) is 23.1 Å². The maximum atomic E-state index is 12.4. The number of ether oxygens (including phenoxy) is 1. The Labute approximate surface area is 210 Å². The lowest BCUT2D eigenvalue weighted by Crippen LogP contribution is -2.49. The number of hydrogen-bond acceptors (Lipinski definition) is 8. The number of carbonyl (C=O) groups excluding carboxylic acids is 1. The first-order chi connectivity index (χ1) is 16.8. The van der Waals surface area contributed by atoms with Gasteiger partial charge in [0.15, 0.2) is 0 Å². The van der Waals surface area contributed by atoms with Gasteiger partial charge in [0.05, 0.1) is 34.8 Å². The number of amides is 1. The molecular formula is C25H35N7O2S. The van der Waals surface area contributed by atoms with Gasteiger partial charge >= 0.3 is 0 Å². The van der Waals surface area contributed by atoms with Crippen LogP contribution in [0.15, 0.2) is 5.38 Å². The third-order valence-corrected chi connectivity index (χ3v) is 8.11. The molecule has 0 N–H and O–H groups in total. The molecule has 0 saturated carbocycles. The Kier molecular flexibility index (Phi) is 6.78. The van der Waals surface area contributed by atoms with Crippen molar-refractivity contribution in [3.05, 3.63) is 22.3 Å². The molecule has 0 radical (unpaired) electrons. The molecule has 0 aliphatic carbocycles. The molecule has 2 saturated heterocycles. The summed E-state index contributed by atoms with van der Waals surface area (Å²) in [5, 5.41) is 6.89. The summed E-state index contributed by atoms with van der Waals surface area (Å²) >= 11 is 1.72. The van der Waals surface area contributed by atoms with Crippen molar-refractivity contribution in [1.29, 1.82) is 0 Å². The number of rotatable bonds is 5. The Bertz CT molecular complexity index is 1220. The Morgan fingerprint density at radius 2 is 1.80 bits per heavy atom. The van der Waals surface area contributed by atoms with Crippen LogP contribution in [0.3, 0.4) is 0 Å². The molecule has 0 unspecified atom stereocenters. The fraction of sp³-hybridized carbons (Fsp3) is 0.600. The smallest absolute Gasteiger partial charge is 0.226 e. The van der Waals surface area contributed by atoms with Crippen LogP contribution in [0, 0.1) is 19.8 Å². The number of nitrogens with zero attached hydrogens (tertiary/aromatic N) is 7. The van der Waals surface area contributed by atoms with E-state index in [2.05, 4.69) is 34.1 Å². The van der Waals surface area contributed by atoms with E-state index in [0.717, 1.165) is 84.6 Å². The first kappa shape index (κ1) is 24.1. The van der Waals surface area contributed by atoms with E-state index in [1.54, 1.807) is 11.3 Å². The highest BCUT2D eigenvalue weighted by Crippen LogP contribution is 2.37. The second kappa shape index (κ2) is 9.83. The van der Waals surface area contributed by atoms with Gasteiger partial charge in [-0.3, -0.25) is 14.4 Å². The molecule has 9 nitrogen and oxygen atoms in total. The average Bonchev–Trinajstić information content (AvgIpc) is 3.38. The minimum atomic E-state index is 0.0514. The lowest BCUT2D eigenvalue weighted by Gasteiger charge is -2.35. The van der Waals surface area contributed by atoms with Gasteiger partial charge in [-0.15, -0.1) is 11.3 Å². The molecule has 5 heterocycles. The number of thiophene rings is 1. The van der Waals surface area contributed by atoms with Crippen LogP contribution in [-0.4, -0.2) is 87.9 Å². The maximum absolute atomic E-state index is 12.4. The lowest BCUT2D eigenvalue weighted by molar-refractivity contribution is -0.136. The van der Waals surface area contributed by atoms with Crippen LogP contribution >= 0.6 is 11.3 Å². The zero-order chi connectivity index (χ0) is 24.7. The molecule has 0 spiro atoms. The first-order valence-corrected chi connectivity index (χ1v) is 13.3. The number of anilines is 1. The number of morpholine rings is 1. The summed E-state index contributed by atoms with van der Waals surface area (Å²) in [6.07, 6.45) is 0. The monoisotopic (exact) mass is 497 g/mol. The topological polar surface area (TPSA) is 79.6 Å². The summed E-state index contributed by atoms with van der Waals surface area (Å²) in [5.74, 6) is 1.07. The van der Waals surface area contributed by atoms with Crippen LogP contribution in [0.25, 0.3) is 21.5 Å². The van der Waals surface area contributed by atoms with Crippen molar-refractivity contribution in [2.75, 3.05) is 57.4 Å². The average molecular weight is 498 g/mol. The molecule has 3 aromatic rings. The van der Waals surface area contributed by atoms with Crippen molar-refractivity contribution >= 4 is 33.4 Å². The Hall–Kier alpha value is -2.56. The number of hydrogen-bond donors (Lipinski definition) is 0. The minimum Gasteiger partial charge on any atom is -0.378 e. The zero-order valence-electron chi connectivity index (χ0n) is 21.4. The Morgan fingerprint density at radius 3 is 2.43 bits per heavy atom. The van der Waals surface area contributed by atoms with E-state index in [1.807, 2.05) is 30.5 Å². The molecule has 35 heavy (non-hydrogen) atoms. The van der Waals surface area contributed by atoms with E-state index < -0.39 is 0 Å². The number of piperazine rings is 1. The molecule has 2 aliphatic rings. The summed E-state index contributed by atoms with van der Waals surface area (Å²) in [6.45, 7) is 15.2. The third kappa shape index (κ3) is 4.66. The lowest BCUT2D eigenvalue weighted by atomic mass is 10.1. The van der Waals surface area contributed by atoms with Crippen LogP contribution in [0.5, 0.6) is 0 Å². The SMILES string of the molecule is Cc1nn(C)c(C)c1-c1nc(N2CCOCC2)nc2c(CN3CCN(C(=O)C(C)C)CC3)csc12. The van der Waals surface area contributed by atoms with Gasteiger partial charge in [0.2, 0.25) is 11.9 Å². The molecule has 188 valence electrons. The first-order valence-electron chi connectivity index (χ1n) is 12.5. The highest BCUT2D eigenvalue weighted by molar-refractivity contribution is 7.17.